The number of aryl methyl sites for hydroxylation is 2. The molecule has 1 heterocycles. The summed E-state index contributed by atoms with van der Waals surface area (Å²) in [5, 5.41) is 0. The zero-order chi connectivity index (χ0) is 13.3. The topological polar surface area (TPSA) is 26.0 Å². The van der Waals surface area contributed by atoms with E-state index in [9.17, 15) is 13.2 Å². The number of hydrogen-bond donors (Lipinski definition) is 0. The van der Waals surface area contributed by atoms with Crippen LogP contribution in [0.5, 0.6) is 0 Å². The summed E-state index contributed by atoms with van der Waals surface area (Å²) in [5.74, 6) is 0.929. The summed E-state index contributed by atoms with van der Waals surface area (Å²) in [6.07, 6.45) is -3.69. The minimum Gasteiger partial charge on any atom is -0.441 e. The van der Waals surface area contributed by atoms with Crippen LogP contribution in [0.25, 0.3) is 11.5 Å². The first kappa shape index (κ1) is 12.7. The van der Waals surface area contributed by atoms with Gasteiger partial charge in [0.05, 0.1) is 11.3 Å². The minimum absolute atomic E-state index is 0.232. The Hall–Kier alpha value is -1.78. The molecule has 5 heteroatoms. The van der Waals surface area contributed by atoms with E-state index < -0.39 is 11.7 Å². The molecular weight excluding hydrogens is 243 g/mol. The van der Waals surface area contributed by atoms with Gasteiger partial charge in [-0.1, -0.05) is 13.0 Å². The first-order valence-corrected chi connectivity index (χ1v) is 5.55. The third kappa shape index (κ3) is 2.39. The smallest absolute Gasteiger partial charge is 0.416 e. The Bertz CT molecular complexity index is 558. The lowest BCUT2D eigenvalue weighted by Crippen LogP contribution is -2.04. The summed E-state index contributed by atoms with van der Waals surface area (Å²) in [5.41, 5.74) is 0.353. The van der Waals surface area contributed by atoms with Crippen molar-refractivity contribution < 1.29 is 17.6 Å². The van der Waals surface area contributed by atoms with E-state index in [2.05, 4.69) is 4.98 Å². The van der Waals surface area contributed by atoms with E-state index in [4.69, 9.17) is 4.42 Å². The molecule has 0 radical (unpaired) electrons. The number of alkyl halides is 3. The zero-order valence-electron chi connectivity index (χ0n) is 10.0. The van der Waals surface area contributed by atoms with Crippen LogP contribution in [-0.2, 0) is 12.6 Å². The third-order valence-corrected chi connectivity index (χ3v) is 2.65. The normalized spacial score (nSPS) is 11.8. The Morgan fingerprint density at radius 2 is 2.00 bits per heavy atom. The summed E-state index contributed by atoms with van der Waals surface area (Å²) in [6.45, 7) is 3.68. The highest BCUT2D eigenvalue weighted by molar-refractivity contribution is 5.55. The van der Waals surface area contributed by atoms with Crippen molar-refractivity contribution in [3.05, 3.63) is 41.3 Å². The van der Waals surface area contributed by atoms with Crippen LogP contribution in [0, 0.1) is 6.92 Å². The number of halogens is 3. The molecule has 0 bridgehead atoms. The molecule has 96 valence electrons. The van der Waals surface area contributed by atoms with Crippen LogP contribution in [0.2, 0.25) is 0 Å². The van der Waals surface area contributed by atoms with Crippen molar-refractivity contribution in [2.75, 3.05) is 0 Å². The average molecular weight is 255 g/mol. The molecule has 0 aliphatic heterocycles. The summed E-state index contributed by atoms with van der Waals surface area (Å²) in [4.78, 5) is 4.14. The van der Waals surface area contributed by atoms with Crippen molar-refractivity contribution in [2.45, 2.75) is 26.4 Å². The molecule has 2 rings (SSSR count). The van der Waals surface area contributed by atoms with E-state index in [1.807, 2.05) is 6.92 Å². The fraction of sp³-hybridized carbons (Fsp3) is 0.308. The molecule has 0 spiro atoms. The molecule has 0 amide bonds. The van der Waals surface area contributed by atoms with Crippen molar-refractivity contribution in [3.63, 3.8) is 0 Å². The van der Waals surface area contributed by atoms with Crippen molar-refractivity contribution in [2.24, 2.45) is 0 Å². The molecule has 0 aliphatic carbocycles. The molecule has 2 aromatic rings. The monoisotopic (exact) mass is 255 g/mol. The second kappa shape index (κ2) is 4.48. The average Bonchev–Trinajstić information content (AvgIpc) is 2.70. The standard InChI is InChI=1S/C13H12F3NO/c1-3-11-8(2)17-12(18-11)9-5-4-6-10(7-9)13(14,15)16/h4-7H,3H2,1-2H3. The lowest BCUT2D eigenvalue weighted by atomic mass is 10.1. The minimum atomic E-state index is -4.36. The molecular formula is C13H12F3NO. The first-order valence-electron chi connectivity index (χ1n) is 5.55. The summed E-state index contributed by atoms with van der Waals surface area (Å²) in [7, 11) is 0. The number of nitrogens with zero attached hydrogens (tertiary/aromatic N) is 1. The van der Waals surface area contributed by atoms with Gasteiger partial charge in [-0.15, -0.1) is 0 Å². The third-order valence-electron chi connectivity index (χ3n) is 2.65. The molecule has 0 N–H and O–H groups in total. The molecule has 0 fully saturated rings. The van der Waals surface area contributed by atoms with Crippen LogP contribution in [0.4, 0.5) is 13.2 Å². The fourth-order valence-corrected chi connectivity index (χ4v) is 1.71. The predicted molar refractivity (Wildman–Crippen MR) is 61.1 cm³/mol. The van der Waals surface area contributed by atoms with E-state index in [1.165, 1.54) is 6.07 Å². The van der Waals surface area contributed by atoms with E-state index in [0.29, 0.717) is 23.4 Å². The maximum atomic E-state index is 12.6. The molecule has 0 unspecified atom stereocenters. The lowest BCUT2D eigenvalue weighted by Gasteiger charge is -2.06. The van der Waals surface area contributed by atoms with E-state index in [-0.39, 0.29) is 5.89 Å². The van der Waals surface area contributed by atoms with Crippen LogP contribution >= 0.6 is 0 Å². The lowest BCUT2D eigenvalue weighted by molar-refractivity contribution is -0.137. The maximum absolute atomic E-state index is 12.6. The van der Waals surface area contributed by atoms with Gasteiger partial charge in [-0.05, 0) is 25.1 Å². The van der Waals surface area contributed by atoms with Crippen molar-refractivity contribution in [3.8, 4) is 11.5 Å². The number of hydrogen-bond acceptors (Lipinski definition) is 2. The predicted octanol–water partition coefficient (Wildman–Crippen LogP) is 4.23. The van der Waals surface area contributed by atoms with Gasteiger partial charge < -0.3 is 4.42 Å². The van der Waals surface area contributed by atoms with Gasteiger partial charge in [0.2, 0.25) is 5.89 Å². The highest BCUT2D eigenvalue weighted by Crippen LogP contribution is 2.32. The Balaban J connectivity index is 2.44. The molecule has 0 aliphatic rings. The Morgan fingerprint density at radius 1 is 1.28 bits per heavy atom. The Labute approximate surface area is 102 Å². The van der Waals surface area contributed by atoms with Crippen molar-refractivity contribution >= 4 is 0 Å². The highest BCUT2D eigenvalue weighted by atomic mass is 19.4. The highest BCUT2D eigenvalue weighted by Gasteiger charge is 2.30. The Morgan fingerprint density at radius 3 is 2.56 bits per heavy atom. The van der Waals surface area contributed by atoms with Crippen molar-refractivity contribution in [1.82, 2.24) is 4.98 Å². The number of oxazole rings is 1. The second-order valence-corrected chi connectivity index (χ2v) is 3.96. The van der Waals surface area contributed by atoms with E-state index >= 15 is 0 Å². The largest absolute Gasteiger partial charge is 0.441 e. The van der Waals surface area contributed by atoms with Gasteiger partial charge in [-0.2, -0.15) is 13.2 Å². The van der Waals surface area contributed by atoms with Gasteiger partial charge in [0.1, 0.15) is 5.76 Å². The fourth-order valence-electron chi connectivity index (χ4n) is 1.71. The SMILES string of the molecule is CCc1oc(-c2cccc(C(F)(F)F)c2)nc1C. The quantitative estimate of drug-likeness (QED) is 0.802. The van der Waals surface area contributed by atoms with Gasteiger partial charge in [0.15, 0.2) is 0 Å². The molecule has 18 heavy (non-hydrogen) atoms. The van der Waals surface area contributed by atoms with Gasteiger partial charge in [0.25, 0.3) is 0 Å². The summed E-state index contributed by atoms with van der Waals surface area (Å²) < 4.78 is 43.2. The van der Waals surface area contributed by atoms with Gasteiger partial charge in [-0.3, -0.25) is 0 Å². The van der Waals surface area contributed by atoms with E-state index in [1.54, 1.807) is 13.0 Å². The molecule has 0 saturated heterocycles. The summed E-state index contributed by atoms with van der Waals surface area (Å²) >= 11 is 0. The molecule has 1 aromatic heterocycles. The van der Waals surface area contributed by atoms with Crippen LogP contribution in [0.15, 0.2) is 28.7 Å². The van der Waals surface area contributed by atoms with Crippen LogP contribution in [0.3, 0.4) is 0 Å². The second-order valence-electron chi connectivity index (χ2n) is 3.96. The van der Waals surface area contributed by atoms with Crippen LogP contribution < -0.4 is 0 Å². The first-order chi connectivity index (χ1) is 8.41. The summed E-state index contributed by atoms with van der Waals surface area (Å²) in [6, 6.07) is 4.98. The van der Waals surface area contributed by atoms with Gasteiger partial charge >= 0.3 is 6.18 Å². The van der Waals surface area contributed by atoms with Gasteiger partial charge in [0, 0.05) is 12.0 Å². The maximum Gasteiger partial charge on any atom is 0.416 e. The molecule has 2 nitrogen and oxygen atoms in total. The number of benzene rings is 1. The van der Waals surface area contributed by atoms with Crippen molar-refractivity contribution in [1.29, 1.82) is 0 Å². The zero-order valence-corrected chi connectivity index (χ0v) is 10.0. The van der Waals surface area contributed by atoms with Gasteiger partial charge in [-0.25, -0.2) is 4.98 Å². The van der Waals surface area contributed by atoms with E-state index in [0.717, 1.165) is 12.1 Å². The Kier molecular flexibility index (Phi) is 3.15. The van der Waals surface area contributed by atoms with Crippen LogP contribution in [-0.4, -0.2) is 4.98 Å². The molecule has 0 saturated carbocycles. The number of aromatic nitrogens is 1. The van der Waals surface area contributed by atoms with Crippen LogP contribution in [0.1, 0.15) is 23.9 Å². The molecule has 1 aromatic carbocycles. The number of rotatable bonds is 2. The molecule has 0 atom stereocenters.